The van der Waals surface area contributed by atoms with Crippen LogP contribution in [-0.4, -0.2) is 32.8 Å². The van der Waals surface area contributed by atoms with E-state index in [-0.39, 0.29) is 12.6 Å². The molecule has 1 aromatic rings. The molecule has 0 bridgehead atoms. The van der Waals surface area contributed by atoms with E-state index in [0.717, 1.165) is 16.9 Å². The highest BCUT2D eigenvalue weighted by molar-refractivity contribution is 5.75. The third kappa shape index (κ3) is 4.07. The Bertz CT molecular complexity index is 370. The molecule has 17 heavy (non-hydrogen) atoms. The molecule has 1 unspecified atom stereocenters. The van der Waals surface area contributed by atoms with E-state index in [9.17, 15) is 4.79 Å². The number of hydrogen-bond acceptors (Lipinski definition) is 4. The third-order valence-electron chi connectivity index (χ3n) is 2.45. The van der Waals surface area contributed by atoms with Crippen LogP contribution >= 0.6 is 0 Å². The summed E-state index contributed by atoms with van der Waals surface area (Å²) in [6.07, 6.45) is 0. The molecule has 4 nitrogen and oxygen atoms in total. The quantitative estimate of drug-likeness (QED) is 0.787. The summed E-state index contributed by atoms with van der Waals surface area (Å²) < 4.78 is 10.2. The molecule has 0 heterocycles. The van der Waals surface area contributed by atoms with Gasteiger partial charge in [-0.1, -0.05) is 6.07 Å². The lowest BCUT2D eigenvalue weighted by molar-refractivity contribution is -0.143. The summed E-state index contributed by atoms with van der Waals surface area (Å²) in [7, 11) is 3.07. The molecular weight excluding hydrogens is 218 g/mol. The summed E-state index contributed by atoms with van der Waals surface area (Å²) in [6, 6.07) is 5.51. The fraction of sp³-hybridized carbons (Fsp3) is 0.462. The first-order valence-corrected chi connectivity index (χ1v) is 5.53. The van der Waals surface area contributed by atoms with Gasteiger partial charge in [0.1, 0.15) is 18.4 Å². The van der Waals surface area contributed by atoms with Crippen LogP contribution in [-0.2, 0) is 9.53 Å². The number of carbonyl (C=O) groups is 1. The second kappa shape index (κ2) is 6.25. The van der Waals surface area contributed by atoms with Gasteiger partial charge >= 0.3 is 5.97 Å². The lowest BCUT2D eigenvalue weighted by Crippen LogP contribution is -2.40. The second-order valence-electron chi connectivity index (χ2n) is 4.00. The van der Waals surface area contributed by atoms with E-state index in [1.54, 1.807) is 7.05 Å². The lowest BCUT2D eigenvalue weighted by Gasteiger charge is -2.15. The number of carbonyl (C=O) groups excluding carboxylic acids is 1. The van der Waals surface area contributed by atoms with E-state index < -0.39 is 6.04 Å². The SMILES string of the molecule is CNC(COc1cc(C)cc(C)c1)C(=O)OC. The van der Waals surface area contributed by atoms with Crippen LogP contribution in [0.2, 0.25) is 0 Å². The zero-order valence-corrected chi connectivity index (χ0v) is 10.7. The monoisotopic (exact) mass is 237 g/mol. The van der Waals surface area contributed by atoms with Crippen LogP contribution in [0, 0.1) is 13.8 Å². The van der Waals surface area contributed by atoms with Gasteiger partial charge < -0.3 is 14.8 Å². The summed E-state index contributed by atoms with van der Waals surface area (Å²) in [4.78, 5) is 11.3. The Morgan fingerprint density at radius 1 is 1.29 bits per heavy atom. The van der Waals surface area contributed by atoms with Gasteiger partial charge in [-0.05, 0) is 44.2 Å². The van der Waals surface area contributed by atoms with Crippen molar-refractivity contribution >= 4 is 5.97 Å². The minimum atomic E-state index is -0.444. The van der Waals surface area contributed by atoms with Crippen LogP contribution in [0.3, 0.4) is 0 Å². The largest absolute Gasteiger partial charge is 0.491 e. The molecule has 0 saturated heterocycles. The van der Waals surface area contributed by atoms with Gasteiger partial charge in [-0.25, -0.2) is 0 Å². The van der Waals surface area contributed by atoms with E-state index in [4.69, 9.17) is 4.74 Å². The summed E-state index contributed by atoms with van der Waals surface area (Å²) in [5, 5.41) is 2.85. The molecule has 0 spiro atoms. The Kier molecular flexibility index (Phi) is 4.97. The minimum Gasteiger partial charge on any atom is -0.491 e. The van der Waals surface area contributed by atoms with Crippen LogP contribution in [0.4, 0.5) is 0 Å². The number of hydrogen-bond donors (Lipinski definition) is 1. The minimum absolute atomic E-state index is 0.256. The van der Waals surface area contributed by atoms with Crippen molar-refractivity contribution < 1.29 is 14.3 Å². The van der Waals surface area contributed by atoms with E-state index in [1.807, 2.05) is 26.0 Å². The molecule has 0 amide bonds. The van der Waals surface area contributed by atoms with Gasteiger partial charge in [0.15, 0.2) is 0 Å². The van der Waals surface area contributed by atoms with Gasteiger partial charge in [-0.2, -0.15) is 0 Å². The van der Waals surface area contributed by atoms with Crippen molar-refractivity contribution in [3.05, 3.63) is 29.3 Å². The third-order valence-corrected chi connectivity index (χ3v) is 2.45. The summed E-state index contributed by atoms with van der Waals surface area (Å²) in [5.41, 5.74) is 2.28. The fourth-order valence-electron chi connectivity index (χ4n) is 1.61. The van der Waals surface area contributed by atoms with E-state index in [2.05, 4.69) is 16.1 Å². The number of aryl methyl sites for hydroxylation is 2. The summed E-state index contributed by atoms with van der Waals surface area (Å²) >= 11 is 0. The summed E-state index contributed by atoms with van der Waals surface area (Å²) in [5.74, 6) is 0.448. The van der Waals surface area contributed by atoms with Crippen molar-refractivity contribution in [2.45, 2.75) is 19.9 Å². The molecule has 0 radical (unpaired) electrons. The van der Waals surface area contributed by atoms with Crippen molar-refractivity contribution in [2.75, 3.05) is 20.8 Å². The number of esters is 1. The van der Waals surface area contributed by atoms with Crippen molar-refractivity contribution in [2.24, 2.45) is 0 Å². The highest BCUT2D eigenvalue weighted by Crippen LogP contribution is 2.16. The van der Waals surface area contributed by atoms with Gasteiger partial charge in [0.25, 0.3) is 0 Å². The zero-order valence-electron chi connectivity index (χ0n) is 10.7. The summed E-state index contributed by atoms with van der Waals surface area (Å²) in [6.45, 7) is 4.28. The molecule has 4 heteroatoms. The van der Waals surface area contributed by atoms with Gasteiger partial charge in [0, 0.05) is 0 Å². The van der Waals surface area contributed by atoms with E-state index >= 15 is 0 Å². The Morgan fingerprint density at radius 2 is 1.88 bits per heavy atom. The van der Waals surface area contributed by atoms with Crippen LogP contribution in [0.1, 0.15) is 11.1 Å². The zero-order chi connectivity index (χ0) is 12.8. The molecule has 1 aromatic carbocycles. The van der Waals surface area contributed by atoms with Crippen molar-refractivity contribution in [1.82, 2.24) is 5.32 Å². The predicted molar refractivity (Wildman–Crippen MR) is 66.3 cm³/mol. The molecule has 1 rings (SSSR count). The Morgan fingerprint density at radius 3 is 2.35 bits per heavy atom. The molecule has 1 atom stereocenters. The highest BCUT2D eigenvalue weighted by atomic mass is 16.5. The smallest absolute Gasteiger partial charge is 0.326 e. The van der Waals surface area contributed by atoms with Gasteiger partial charge in [0.2, 0.25) is 0 Å². The topological polar surface area (TPSA) is 47.6 Å². The Balaban J connectivity index is 2.62. The fourth-order valence-corrected chi connectivity index (χ4v) is 1.61. The molecular formula is C13H19NO3. The van der Waals surface area contributed by atoms with E-state index in [1.165, 1.54) is 7.11 Å². The number of benzene rings is 1. The van der Waals surface area contributed by atoms with Crippen molar-refractivity contribution in [3.63, 3.8) is 0 Å². The average Bonchev–Trinajstić information content (AvgIpc) is 2.28. The molecule has 94 valence electrons. The van der Waals surface area contributed by atoms with Gasteiger partial charge in [-0.15, -0.1) is 0 Å². The number of ether oxygens (including phenoxy) is 2. The molecule has 0 aliphatic rings. The normalized spacial score (nSPS) is 12.0. The van der Waals surface area contributed by atoms with E-state index in [0.29, 0.717) is 0 Å². The number of methoxy groups -OCH3 is 1. The molecule has 0 aromatic heterocycles. The number of rotatable bonds is 5. The Labute approximate surface area is 102 Å². The average molecular weight is 237 g/mol. The standard InChI is InChI=1S/C13H19NO3/c1-9-5-10(2)7-11(6-9)17-8-12(14-3)13(15)16-4/h5-7,12,14H,8H2,1-4H3. The predicted octanol–water partition coefficient (Wildman–Crippen LogP) is 1.44. The first-order valence-electron chi connectivity index (χ1n) is 5.53. The second-order valence-corrected chi connectivity index (χ2v) is 4.00. The maximum absolute atomic E-state index is 11.3. The van der Waals surface area contributed by atoms with Crippen LogP contribution < -0.4 is 10.1 Å². The first-order chi connectivity index (χ1) is 8.06. The maximum atomic E-state index is 11.3. The van der Waals surface area contributed by atoms with Gasteiger partial charge in [-0.3, -0.25) is 4.79 Å². The molecule has 0 aliphatic heterocycles. The van der Waals surface area contributed by atoms with Crippen LogP contribution in [0.15, 0.2) is 18.2 Å². The molecule has 0 fully saturated rings. The Hall–Kier alpha value is -1.55. The molecule has 0 aliphatic carbocycles. The number of nitrogens with one attached hydrogen (secondary N) is 1. The van der Waals surface area contributed by atoms with Crippen molar-refractivity contribution in [3.8, 4) is 5.75 Å². The first kappa shape index (κ1) is 13.5. The van der Waals surface area contributed by atoms with Crippen LogP contribution in [0.5, 0.6) is 5.75 Å². The maximum Gasteiger partial charge on any atom is 0.326 e. The highest BCUT2D eigenvalue weighted by Gasteiger charge is 2.17. The van der Waals surface area contributed by atoms with Crippen molar-refractivity contribution in [1.29, 1.82) is 0 Å². The lowest BCUT2D eigenvalue weighted by atomic mass is 10.1. The molecule has 0 saturated carbocycles. The van der Waals surface area contributed by atoms with Crippen LogP contribution in [0.25, 0.3) is 0 Å². The number of likely N-dealkylation sites (N-methyl/N-ethyl adjacent to an activating group) is 1. The molecule has 1 N–H and O–H groups in total. The van der Waals surface area contributed by atoms with Gasteiger partial charge in [0.05, 0.1) is 7.11 Å².